The Bertz CT molecular complexity index is 488. The number of amides is 1. The van der Waals surface area contributed by atoms with Crippen LogP contribution in [0.2, 0.25) is 0 Å². The lowest BCUT2D eigenvalue weighted by molar-refractivity contribution is -0.166. The van der Waals surface area contributed by atoms with E-state index < -0.39 is 12.1 Å². The summed E-state index contributed by atoms with van der Waals surface area (Å²) in [5.74, 6) is -1.37. The number of hydrogen-bond donors (Lipinski definition) is 1. The molecule has 1 aromatic carbocycles. The fraction of sp³-hybridized carbons (Fsp3) is 0.467. The largest absolute Gasteiger partial charge is 0.479 e. The van der Waals surface area contributed by atoms with Gasteiger partial charge in [-0.15, -0.1) is 0 Å². The highest BCUT2D eigenvalue weighted by atomic mass is 16.5. The highest BCUT2D eigenvalue weighted by Gasteiger charge is 2.34. The molecule has 0 radical (unpaired) electrons. The van der Waals surface area contributed by atoms with E-state index in [0.717, 1.165) is 5.56 Å². The van der Waals surface area contributed by atoms with Crippen molar-refractivity contribution >= 4 is 11.9 Å². The molecule has 0 spiro atoms. The number of ether oxygens (including phenoxy) is 1. The van der Waals surface area contributed by atoms with Crippen LogP contribution in [-0.2, 0) is 14.3 Å². The zero-order valence-electron chi connectivity index (χ0n) is 11.7. The lowest BCUT2D eigenvalue weighted by atomic mass is 9.99. The van der Waals surface area contributed by atoms with E-state index >= 15 is 0 Å². The molecule has 5 heteroatoms. The van der Waals surface area contributed by atoms with Crippen molar-refractivity contribution < 1.29 is 19.4 Å². The van der Waals surface area contributed by atoms with E-state index in [1.807, 2.05) is 37.3 Å². The standard InChI is InChI=1S/C15H19NO4/c1-10-8-16(9-13(20-10)15(18)19)14(17)11(2)12-6-4-3-5-7-12/h3-7,10-11,13H,8-9H2,1-2H3,(H,18,19)/t10-,11?,13?/m1/s1. The summed E-state index contributed by atoms with van der Waals surface area (Å²) in [6.45, 7) is 4.16. The van der Waals surface area contributed by atoms with Crippen molar-refractivity contribution in [2.45, 2.75) is 32.0 Å². The van der Waals surface area contributed by atoms with Gasteiger partial charge in [0.2, 0.25) is 5.91 Å². The molecular weight excluding hydrogens is 258 g/mol. The Labute approximate surface area is 118 Å². The lowest BCUT2D eigenvalue weighted by Crippen LogP contribution is -2.52. The van der Waals surface area contributed by atoms with Crippen LogP contribution in [0.4, 0.5) is 0 Å². The number of rotatable bonds is 3. The first-order valence-corrected chi connectivity index (χ1v) is 6.71. The zero-order chi connectivity index (χ0) is 14.7. The monoisotopic (exact) mass is 277 g/mol. The molecule has 1 fully saturated rings. The second-order valence-corrected chi connectivity index (χ2v) is 5.15. The molecule has 2 rings (SSSR count). The van der Waals surface area contributed by atoms with E-state index in [4.69, 9.17) is 9.84 Å². The minimum atomic E-state index is -1.03. The minimum Gasteiger partial charge on any atom is -0.479 e. The molecular formula is C15H19NO4. The number of morpholine rings is 1. The van der Waals surface area contributed by atoms with Crippen LogP contribution in [0.1, 0.15) is 25.3 Å². The number of hydrogen-bond acceptors (Lipinski definition) is 3. The predicted octanol–water partition coefficient (Wildman–Crippen LogP) is 1.49. The van der Waals surface area contributed by atoms with Gasteiger partial charge in [0, 0.05) is 6.54 Å². The molecule has 1 N–H and O–H groups in total. The summed E-state index contributed by atoms with van der Waals surface area (Å²) in [5.41, 5.74) is 0.934. The first-order valence-electron chi connectivity index (χ1n) is 6.71. The molecule has 0 aliphatic carbocycles. The van der Waals surface area contributed by atoms with E-state index in [1.165, 1.54) is 0 Å². The molecule has 3 atom stereocenters. The third-order valence-corrected chi connectivity index (χ3v) is 3.52. The molecule has 1 amide bonds. The Hall–Kier alpha value is -1.88. The van der Waals surface area contributed by atoms with Crippen molar-refractivity contribution in [1.82, 2.24) is 4.90 Å². The summed E-state index contributed by atoms with van der Waals surface area (Å²) in [7, 11) is 0. The molecule has 1 saturated heterocycles. The first-order chi connectivity index (χ1) is 9.49. The van der Waals surface area contributed by atoms with E-state index in [2.05, 4.69) is 0 Å². The smallest absolute Gasteiger partial charge is 0.334 e. The van der Waals surface area contributed by atoms with Crippen LogP contribution < -0.4 is 0 Å². The zero-order valence-corrected chi connectivity index (χ0v) is 11.7. The number of carboxylic acid groups (broad SMARTS) is 1. The summed E-state index contributed by atoms with van der Waals surface area (Å²) in [5, 5.41) is 9.05. The van der Waals surface area contributed by atoms with Gasteiger partial charge < -0.3 is 14.7 Å². The van der Waals surface area contributed by atoms with Crippen LogP contribution in [0.25, 0.3) is 0 Å². The molecule has 0 saturated carbocycles. The van der Waals surface area contributed by atoms with Crippen LogP contribution in [-0.4, -0.2) is 47.2 Å². The Balaban J connectivity index is 2.10. The van der Waals surface area contributed by atoms with Gasteiger partial charge in [0.25, 0.3) is 0 Å². The summed E-state index contributed by atoms with van der Waals surface area (Å²) in [6.07, 6.45) is -1.21. The number of carbonyl (C=O) groups excluding carboxylic acids is 1. The predicted molar refractivity (Wildman–Crippen MR) is 73.4 cm³/mol. The van der Waals surface area contributed by atoms with Gasteiger partial charge in [-0.3, -0.25) is 4.79 Å². The average Bonchev–Trinajstić information content (AvgIpc) is 2.46. The van der Waals surface area contributed by atoms with Gasteiger partial charge in [-0.1, -0.05) is 30.3 Å². The third-order valence-electron chi connectivity index (χ3n) is 3.52. The molecule has 1 aliphatic heterocycles. The maximum absolute atomic E-state index is 12.5. The van der Waals surface area contributed by atoms with Crippen molar-refractivity contribution in [2.24, 2.45) is 0 Å². The minimum absolute atomic E-state index is 0.0578. The van der Waals surface area contributed by atoms with Gasteiger partial charge in [-0.2, -0.15) is 0 Å². The maximum atomic E-state index is 12.5. The van der Waals surface area contributed by atoms with Crippen molar-refractivity contribution in [3.05, 3.63) is 35.9 Å². The highest BCUT2D eigenvalue weighted by molar-refractivity contribution is 5.84. The second kappa shape index (κ2) is 6.05. The molecule has 1 aromatic rings. The van der Waals surface area contributed by atoms with Gasteiger partial charge in [-0.25, -0.2) is 4.79 Å². The van der Waals surface area contributed by atoms with Crippen molar-refractivity contribution in [3.8, 4) is 0 Å². The highest BCUT2D eigenvalue weighted by Crippen LogP contribution is 2.21. The third kappa shape index (κ3) is 3.17. The fourth-order valence-corrected chi connectivity index (χ4v) is 2.43. The van der Waals surface area contributed by atoms with Crippen molar-refractivity contribution in [3.63, 3.8) is 0 Å². The molecule has 0 aromatic heterocycles. The van der Waals surface area contributed by atoms with E-state index in [1.54, 1.807) is 11.8 Å². The summed E-state index contributed by atoms with van der Waals surface area (Å²) < 4.78 is 5.32. The molecule has 2 unspecified atom stereocenters. The van der Waals surface area contributed by atoms with Crippen LogP contribution in [0.5, 0.6) is 0 Å². The molecule has 5 nitrogen and oxygen atoms in total. The van der Waals surface area contributed by atoms with E-state index in [-0.39, 0.29) is 24.5 Å². The topological polar surface area (TPSA) is 66.8 Å². The molecule has 20 heavy (non-hydrogen) atoms. The quantitative estimate of drug-likeness (QED) is 0.909. The summed E-state index contributed by atoms with van der Waals surface area (Å²) in [4.78, 5) is 25.1. The van der Waals surface area contributed by atoms with E-state index in [0.29, 0.717) is 6.54 Å². The molecule has 1 heterocycles. The molecule has 1 aliphatic rings. The number of nitrogens with zero attached hydrogens (tertiary/aromatic N) is 1. The number of carbonyl (C=O) groups is 2. The first kappa shape index (κ1) is 14.5. The Morgan fingerprint density at radius 2 is 1.95 bits per heavy atom. The molecule has 108 valence electrons. The van der Waals surface area contributed by atoms with E-state index in [9.17, 15) is 9.59 Å². The Kier molecular flexibility index (Phi) is 4.39. The average molecular weight is 277 g/mol. The van der Waals surface area contributed by atoms with Gasteiger partial charge in [0.1, 0.15) is 0 Å². The maximum Gasteiger partial charge on any atom is 0.334 e. The summed E-state index contributed by atoms with van der Waals surface area (Å²) in [6, 6.07) is 9.49. The second-order valence-electron chi connectivity index (χ2n) is 5.15. The van der Waals surface area contributed by atoms with Crippen LogP contribution in [0, 0.1) is 0 Å². The number of benzene rings is 1. The lowest BCUT2D eigenvalue weighted by Gasteiger charge is -2.36. The number of carboxylic acids is 1. The van der Waals surface area contributed by atoms with Crippen molar-refractivity contribution in [1.29, 1.82) is 0 Å². The van der Waals surface area contributed by atoms with Crippen molar-refractivity contribution in [2.75, 3.05) is 13.1 Å². The van der Waals surface area contributed by atoms with Gasteiger partial charge in [0.15, 0.2) is 6.10 Å². The van der Waals surface area contributed by atoms with Gasteiger partial charge in [-0.05, 0) is 19.4 Å². The Morgan fingerprint density at radius 1 is 1.30 bits per heavy atom. The normalized spacial score (nSPS) is 24.2. The number of aliphatic carboxylic acids is 1. The van der Waals surface area contributed by atoms with Gasteiger partial charge in [0.05, 0.1) is 18.6 Å². The molecule has 0 bridgehead atoms. The fourth-order valence-electron chi connectivity index (χ4n) is 2.43. The van der Waals surface area contributed by atoms with Crippen LogP contribution in [0.3, 0.4) is 0 Å². The van der Waals surface area contributed by atoms with Gasteiger partial charge >= 0.3 is 5.97 Å². The van der Waals surface area contributed by atoms with Crippen LogP contribution >= 0.6 is 0 Å². The summed E-state index contributed by atoms with van der Waals surface area (Å²) >= 11 is 0. The van der Waals surface area contributed by atoms with Crippen LogP contribution in [0.15, 0.2) is 30.3 Å². The SMILES string of the molecule is CC(C(=O)N1CC(C(=O)O)O[C@H](C)C1)c1ccccc1. The Morgan fingerprint density at radius 3 is 2.55 bits per heavy atom.